The number of aromatic nitrogens is 2. The van der Waals surface area contributed by atoms with E-state index < -0.39 is 0 Å². The van der Waals surface area contributed by atoms with Gasteiger partial charge in [0.15, 0.2) is 4.73 Å². The third-order valence-corrected chi connectivity index (χ3v) is 4.43. The van der Waals surface area contributed by atoms with Crippen LogP contribution >= 0.6 is 27.3 Å². The number of rotatable bonds is 1. The lowest BCUT2D eigenvalue weighted by Gasteiger charge is -2.21. The van der Waals surface area contributed by atoms with Crippen molar-refractivity contribution < 1.29 is 0 Å². The average Bonchev–Trinajstić information content (AvgIpc) is 2.87. The maximum Gasteiger partial charge on any atom is 0.177 e. The van der Waals surface area contributed by atoms with Gasteiger partial charge in [-0.3, -0.25) is 0 Å². The van der Waals surface area contributed by atoms with Crippen LogP contribution in [-0.2, 0) is 13.0 Å². The Hall–Kier alpha value is -0.650. The first-order valence-corrected chi connectivity index (χ1v) is 6.97. The van der Waals surface area contributed by atoms with Crippen LogP contribution in [0, 0.1) is 0 Å². The van der Waals surface area contributed by atoms with Crippen molar-refractivity contribution >= 4 is 27.3 Å². The largest absolute Gasteiger partial charge is 0.326 e. The van der Waals surface area contributed by atoms with Gasteiger partial charge in [0.05, 0.1) is 4.88 Å². The SMILES string of the molecule is NC1CCc2c(-c3cccs3)nc(Br)n2C1. The molecule has 16 heavy (non-hydrogen) atoms. The Bertz CT molecular complexity index is 504. The summed E-state index contributed by atoms with van der Waals surface area (Å²) in [7, 11) is 0. The van der Waals surface area contributed by atoms with Crippen LogP contribution in [0.5, 0.6) is 0 Å². The van der Waals surface area contributed by atoms with Gasteiger partial charge in [0.1, 0.15) is 5.69 Å². The fourth-order valence-corrected chi connectivity index (χ4v) is 3.43. The topological polar surface area (TPSA) is 43.8 Å². The molecule has 0 aliphatic carbocycles. The molecule has 2 aromatic rings. The molecule has 3 nitrogen and oxygen atoms in total. The van der Waals surface area contributed by atoms with Gasteiger partial charge in [-0.1, -0.05) is 6.07 Å². The van der Waals surface area contributed by atoms with E-state index in [1.807, 2.05) is 0 Å². The molecule has 3 rings (SSSR count). The zero-order valence-electron chi connectivity index (χ0n) is 8.69. The molecule has 3 heterocycles. The van der Waals surface area contributed by atoms with E-state index in [1.54, 1.807) is 11.3 Å². The van der Waals surface area contributed by atoms with E-state index >= 15 is 0 Å². The number of halogens is 1. The van der Waals surface area contributed by atoms with Crippen LogP contribution in [0.1, 0.15) is 12.1 Å². The van der Waals surface area contributed by atoms with Gasteiger partial charge >= 0.3 is 0 Å². The second kappa shape index (κ2) is 3.98. The smallest absolute Gasteiger partial charge is 0.177 e. The minimum atomic E-state index is 0.259. The van der Waals surface area contributed by atoms with Gasteiger partial charge in [0, 0.05) is 18.3 Å². The van der Waals surface area contributed by atoms with Crippen LogP contribution in [0.3, 0.4) is 0 Å². The summed E-state index contributed by atoms with van der Waals surface area (Å²) in [6.07, 6.45) is 2.07. The zero-order valence-corrected chi connectivity index (χ0v) is 11.1. The maximum absolute atomic E-state index is 5.98. The summed E-state index contributed by atoms with van der Waals surface area (Å²) < 4.78 is 3.10. The fraction of sp³-hybridized carbons (Fsp3) is 0.364. The Labute approximate surface area is 106 Å². The zero-order chi connectivity index (χ0) is 11.1. The highest BCUT2D eigenvalue weighted by Crippen LogP contribution is 2.32. The second-order valence-corrected chi connectivity index (χ2v) is 5.72. The highest BCUT2D eigenvalue weighted by molar-refractivity contribution is 9.10. The molecule has 0 radical (unpaired) electrons. The maximum atomic E-state index is 5.98. The van der Waals surface area contributed by atoms with E-state index in [2.05, 4.69) is 43.0 Å². The van der Waals surface area contributed by atoms with Gasteiger partial charge in [-0.2, -0.15) is 0 Å². The molecule has 0 bridgehead atoms. The van der Waals surface area contributed by atoms with E-state index in [9.17, 15) is 0 Å². The Morgan fingerprint density at radius 1 is 1.56 bits per heavy atom. The lowest BCUT2D eigenvalue weighted by molar-refractivity contribution is 0.455. The van der Waals surface area contributed by atoms with Gasteiger partial charge < -0.3 is 10.3 Å². The minimum absolute atomic E-state index is 0.259. The van der Waals surface area contributed by atoms with Crippen molar-refractivity contribution in [2.75, 3.05) is 0 Å². The number of thiophene rings is 1. The van der Waals surface area contributed by atoms with E-state index in [1.165, 1.54) is 10.6 Å². The van der Waals surface area contributed by atoms with Gasteiger partial charge in [0.25, 0.3) is 0 Å². The van der Waals surface area contributed by atoms with E-state index in [0.717, 1.165) is 29.8 Å². The molecule has 2 aromatic heterocycles. The number of hydrogen-bond donors (Lipinski definition) is 1. The Kier molecular flexibility index (Phi) is 2.61. The summed E-state index contributed by atoms with van der Waals surface area (Å²) >= 11 is 5.25. The third-order valence-electron chi connectivity index (χ3n) is 2.95. The van der Waals surface area contributed by atoms with Gasteiger partial charge in [-0.05, 0) is 40.2 Å². The monoisotopic (exact) mass is 297 g/mol. The lowest BCUT2D eigenvalue weighted by atomic mass is 10.0. The number of nitrogens with two attached hydrogens (primary N) is 1. The van der Waals surface area contributed by atoms with E-state index in [-0.39, 0.29) is 6.04 Å². The summed E-state index contributed by atoms with van der Waals surface area (Å²) in [4.78, 5) is 5.84. The average molecular weight is 298 g/mol. The first kappa shape index (κ1) is 10.5. The standard InChI is InChI=1S/C11H12BrN3S/c12-11-14-10(9-2-1-5-16-9)8-4-3-7(13)6-15(8)11/h1-2,5,7H,3-4,6,13H2. The van der Waals surface area contributed by atoms with Crippen molar-refractivity contribution in [2.45, 2.75) is 25.4 Å². The second-order valence-electron chi connectivity index (χ2n) is 4.06. The number of nitrogens with zero attached hydrogens (tertiary/aromatic N) is 2. The Morgan fingerprint density at radius 2 is 2.44 bits per heavy atom. The molecule has 5 heteroatoms. The summed E-state index contributed by atoms with van der Waals surface area (Å²) in [5, 5.41) is 2.09. The summed E-state index contributed by atoms with van der Waals surface area (Å²) in [5.41, 5.74) is 8.41. The van der Waals surface area contributed by atoms with Crippen molar-refractivity contribution in [3.05, 3.63) is 27.9 Å². The van der Waals surface area contributed by atoms with E-state index in [4.69, 9.17) is 5.73 Å². The normalized spacial score (nSPS) is 19.8. The molecule has 1 unspecified atom stereocenters. The van der Waals surface area contributed by atoms with Gasteiger partial charge in [-0.25, -0.2) is 4.98 Å². The van der Waals surface area contributed by atoms with Crippen molar-refractivity contribution in [2.24, 2.45) is 5.73 Å². The van der Waals surface area contributed by atoms with Crippen LogP contribution in [-0.4, -0.2) is 15.6 Å². The van der Waals surface area contributed by atoms with Crippen molar-refractivity contribution in [3.63, 3.8) is 0 Å². The molecule has 84 valence electrons. The minimum Gasteiger partial charge on any atom is -0.326 e. The van der Waals surface area contributed by atoms with Gasteiger partial charge in [-0.15, -0.1) is 11.3 Å². The van der Waals surface area contributed by atoms with Crippen molar-refractivity contribution in [1.82, 2.24) is 9.55 Å². The number of imidazole rings is 1. The van der Waals surface area contributed by atoms with Crippen LogP contribution in [0.25, 0.3) is 10.6 Å². The summed E-state index contributed by atoms with van der Waals surface area (Å²) in [6, 6.07) is 4.44. The summed E-state index contributed by atoms with van der Waals surface area (Å²) in [5.74, 6) is 0. The molecular formula is C11H12BrN3S. The van der Waals surface area contributed by atoms with Crippen LogP contribution in [0.15, 0.2) is 22.2 Å². The quantitative estimate of drug-likeness (QED) is 0.879. The molecule has 0 aromatic carbocycles. The Morgan fingerprint density at radius 3 is 3.19 bits per heavy atom. The van der Waals surface area contributed by atoms with Crippen LogP contribution in [0.2, 0.25) is 0 Å². The molecule has 2 N–H and O–H groups in total. The van der Waals surface area contributed by atoms with Gasteiger partial charge in [0.2, 0.25) is 0 Å². The number of hydrogen-bond acceptors (Lipinski definition) is 3. The molecule has 0 saturated carbocycles. The highest BCUT2D eigenvalue weighted by atomic mass is 79.9. The molecule has 1 atom stereocenters. The fourth-order valence-electron chi connectivity index (χ4n) is 2.15. The molecule has 0 fully saturated rings. The van der Waals surface area contributed by atoms with E-state index in [0.29, 0.717) is 0 Å². The van der Waals surface area contributed by atoms with Crippen LogP contribution < -0.4 is 5.73 Å². The Balaban J connectivity index is 2.12. The molecule has 1 aliphatic heterocycles. The first-order chi connectivity index (χ1) is 7.75. The first-order valence-electron chi connectivity index (χ1n) is 5.30. The molecular weight excluding hydrogens is 286 g/mol. The van der Waals surface area contributed by atoms with Crippen molar-refractivity contribution in [1.29, 1.82) is 0 Å². The van der Waals surface area contributed by atoms with Crippen LogP contribution in [0.4, 0.5) is 0 Å². The number of fused-ring (bicyclic) bond motifs is 1. The predicted octanol–water partition coefficient (Wildman–Crippen LogP) is 2.65. The molecule has 0 saturated heterocycles. The lowest BCUT2D eigenvalue weighted by Crippen LogP contribution is -2.31. The summed E-state index contributed by atoms with van der Waals surface area (Å²) in [6.45, 7) is 0.869. The third kappa shape index (κ3) is 1.63. The molecule has 1 aliphatic rings. The molecule has 0 amide bonds. The highest BCUT2D eigenvalue weighted by Gasteiger charge is 2.23. The predicted molar refractivity (Wildman–Crippen MR) is 69.5 cm³/mol. The molecule has 0 spiro atoms. The van der Waals surface area contributed by atoms with Crippen molar-refractivity contribution in [3.8, 4) is 10.6 Å².